The fraction of sp³-hybridized carbons (Fsp3) is 0.917. The molecule has 16 heavy (non-hydrogen) atoms. The van der Waals surface area contributed by atoms with Crippen molar-refractivity contribution in [3.05, 3.63) is 0 Å². The van der Waals surface area contributed by atoms with E-state index < -0.39 is 9.84 Å². The molecule has 0 N–H and O–H groups in total. The molecule has 0 radical (unpaired) electrons. The molecule has 0 aromatic rings. The fourth-order valence-corrected chi connectivity index (χ4v) is 5.51. The molecule has 2 saturated heterocycles. The van der Waals surface area contributed by atoms with E-state index in [1.54, 1.807) is 0 Å². The molecular weight excluding hydrogens is 224 g/mol. The van der Waals surface area contributed by atoms with E-state index in [4.69, 9.17) is 0 Å². The van der Waals surface area contributed by atoms with Crippen molar-refractivity contribution in [2.24, 2.45) is 11.8 Å². The number of hydrogen-bond donors (Lipinski definition) is 0. The largest absolute Gasteiger partial charge is 0.299 e. The van der Waals surface area contributed by atoms with Gasteiger partial charge in [0.25, 0.3) is 0 Å². The second-order valence-corrected chi connectivity index (χ2v) is 8.15. The minimum absolute atomic E-state index is 0.0171. The lowest BCUT2D eigenvalue weighted by Crippen LogP contribution is -2.36. The standard InChI is InChI=1S/C12H20O3S/c1-8(2)5-12(13)9-6-10-3-4-11(7-9)16(10,14)15/h8-11H,3-7H2,1-2H3. The highest BCUT2D eigenvalue weighted by Crippen LogP contribution is 2.41. The molecule has 0 aromatic carbocycles. The third-order valence-electron chi connectivity index (χ3n) is 3.90. The molecule has 0 aromatic heterocycles. The maximum atomic E-state index is 11.9. The number of ketones is 1. The van der Waals surface area contributed by atoms with Crippen LogP contribution in [-0.2, 0) is 14.6 Å². The van der Waals surface area contributed by atoms with Crippen LogP contribution in [0.4, 0.5) is 0 Å². The molecule has 2 fully saturated rings. The van der Waals surface area contributed by atoms with Crippen LogP contribution in [0.25, 0.3) is 0 Å². The molecule has 0 aliphatic carbocycles. The van der Waals surface area contributed by atoms with Crippen LogP contribution in [0.1, 0.15) is 46.0 Å². The van der Waals surface area contributed by atoms with Crippen LogP contribution >= 0.6 is 0 Å². The highest BCUT2D eigenvalue weighted by molar-refractivity contribution is 7.93. The Bertz CT molecular complexity index is 363. The van der Waals surface area contributed by atoms with Gasteiger partial charge in [0.2, 0.25) is 0 Å². The Labute approximate surface area is 97.5 Å². The van der Waals surface area contributed by atoms with Gasteiger partial charge < -0.3 is 0 Å². The van der Waals surface area contributed by atoms with Crippen molar-refractivity contribution in [3.8, 4) is 0 Å². The predicted molar refractivity (Wildman–Crippen MR) is 62.9 cm³/mol. The minimum atomic E-state index is -2.88. The first-order valence-electron chi connectivity index (χ1n) is 6.16. The molecule has 92 valence electrons. The van der Waals surface area contributed by atoms with Gasteiger partial charge in [-0.15, -0.1) is 0 Å². The first-order valence-corrected chi connectivity index (χ1v) is 7.77. The monoisotopic (exact) mass is 244 g/mol. The van der Waals surface area contributed by atoms with Crippen molar-refractivity contribution in [1.82, 2.24) is 0 Å². The summed E-state index contributed by atoms with van der Waals surface area (Å²) in [6, 6.07) is 0. The third kappa shape index (κ3) is 2.04. The number of fused-ring (bicyclic) bond motifs is 2. The number of carbonyl (C=O) groups is 1. The normalized spacial score (nSPS) is 36.6. The molecule has 2 aliphatic heterocycles. The van der Waals surface area contributed by atoms with Gasteiger partial charge in [-0.2, -0.15) is 0 Å². The summed E-state index contributed by atoms with van der Waals surface area (Å²) in [5.74, 6) is 0.675. The van der Waals surface area contributed by atoms with Gasteiger partial charge in [0.15, 0.2) is 9.84 Å². The number of carbonyl (C=O) groups excluding carboxylic acids is 1. The van der Waals surface area contributed by atoms with Gasteiger partial charge in [-0.3, -0.25) is 4.79 Å². The molecule has 0 saturated carbocycles. The highest BCUT2D eigenvalue weighted by atomic mass is 32.2. The fourth-order valence-electron chi connectivity index (χ4n) is 3.04. The van der Waals surface area contributed by atoms with Gasteiger partial charge in [0.05, 0.1) is 10.5 Å². The number of sulfone groups is 1. The Morgan fingerprint density at radius 1 is 1.19 bits per heavy atom. The number of rotatable bonds is 3. The van der Waals surface area contributed by atoms with Crippen LogP contribution in [0.15, 0.2) is 0 Å². The van der Waals surface area contributed by atoms with Crippen molar-refractivity contribution in [1.29, 1.82) is 0 Å². The average molecular weight is 244 g/mol. The summed E-state index contributed by atoms with van der Waals surface area (Å²) in [5.41, 5.74) is 0. The minimum Gasteiger partial charge on any atom is -0.299 e. The van der Waals surface area contributed by atoms with Gasteiger partial charge in [-0.1, -0.05) is 13.8 Å². The van der Waals surface area contributed by atoms with Gasteiger partial charge in [0, 0.05) is 12.3 Å². The van der Waals surface area contributed by atoms with Crippen molar-refractivity contribution in [3.63, 3.8) is 0 Å². The van der Waals surface area contributed by atoms with Crippen molar-refractivity contribution in [2.45, 2.75) is 56.5 Å². The van der Waals surface area contributed by atoms with Crippen molar-refractivity contribution in [2.75, 3.05) is 0 Å². The maximum Gasteiger partial charge on any atom is 0.156 e. The second kappa shape index (κ2) is 4.13. The molecule has 2 rings (SSSR count). The summed E-state index contributed by atoms with van der Waals surface area (Å²) < 4.78 is 23.7. The second-order valence-electron chi connectivity index (χ2n) is 5.64. The average Bonchev–Trinajstić information content (AvgIpc) is 2.39. The SMILES string of the molecule is CC(C)CC(=O)C1CC2CCC(C1)S2(=O)=O. The zero-order valence-corrected chi connectivity index (χ0v) is 10.8. The van der Waals surface area contributed by atoms with Crippen LogP contribution < -0.4 is 0 Å². The first-order chi connectivity index (χ1) is 7.41. The summed E-state index contributed by atoms with van der Waals surface area (Å²) in [7, 11) is -2.88. The summed E-state index contributed by atoms with van der Waals surface area (Å²) in [6.45, 7) is 4.07. The van der Waals surface area contributed by atoms with E-state index in [1.807, 2.05) is 13.8 Å². The molecule has 2 aliphatic rings. The van der Waals surface area contributed by atoms with E-state index in [0.717, 1.165) is 12.8 Å². The molecule has 2 bridgehead atoms. The van der Waals surface area contributed by atoms with Gasteiger partial charge in [-0.25, -0.2) is 8.42 Å². The smallest absolute Gasteiger partial charge is 0.156 e. The zero-order chi connectivity index (χ0) is 11.9. The lowest BCUT2D eigenvalue weighted by atomic mass is 9.90. The Hall–Kier alpha value is -0.380. The van der Waals surface area contributed by atoms with Crippen LogP contribution in [0, 0.1) is 11.8 Å². The third-order valence-corrected chi connectivity index (χ3v) is 6.61. The predicted octanol–water partition coefficient (Wildman–Crippen LogP) is 1.96. The molecule has 4 heteroatoms. The molecule has 0 amide bonds. The van der Waals surface area contributed by atoms with Crippen LogP contribution in [0.2, 0.25) is 0 Å². The summed E-state index contributed by atoms with van der Waals surface area (Å²) >= 11 is 0. The Morgan fingerprint density at radius 3 is 2.12 bits per heavy atom. The van der Waals surface area contributed by atoms with E-state index in [2.05, 4.69) is 0 Å². The van der Waals surface area contributed by atoms with Crippen molar-refractivity contribution < 1.29 is 13.2 Å². The first kappa shape index (κ1) is 12.1. The topological polar surface area (TPSA) is 51.2 Å². The Balaban J connectivity index is 2.06. The highest BCUT2D eigenvalue weighted by Gasteiger charge is 2.48. The van der Waals surface area contributed by atoms with Crippen molar-refractivity contribution >= 4 is 15.6 Å². The number of Topliss-reactive ketones (excluding diaryl/α,β-unsaturated/α-hetero) is 1. The number of hydrogen-bond acceptors (Lipinski definition) is 3. The molecule has 2 atom stereocenters. The summed E-state index contributed by atoms with van der Waals surface area (Å²) in [6.07, 6.45) is 3.33. The van der Waals surface area contributed by atoms with Gasteiger partial charge in [-0.05, 0) is 31.6 Å². The quantitative estimate of drug-likeness (QED) is 0.762. The molecular formula is C12H20O3S. The summed E-state index contributed by atoms with van der Waals surface area (Å²) in [5, 5.41) is -0.431. The molecule has 2 heterocycles. The lowest BCUT2D eigenvalue weighted by Gasteiger charge is -2.27. The maximum absolute atomic E-state index is 11.9. The Kier molecular flexibility index (Phi) is 3.12. The Morgan fingerprint density at radius 2 is 1.69 bits per heavy atom. The van der Waals surface area contributed by atoms with Crippen LogP contribution in [0.3, 0.4) is 0 Å². The van der Waals surface area contributed by atoms with E-state index in [-0.39, 0.29) is 22.2 Å². The lowest BCUT2D eigenvalue weighted by molar-refractivity contribution is -0.124. The summed E-state index contributed by atoms with van der Waals surface area (Å²) in [4.78, 5) is 11.9. The van der Waals surface area contributed by atoms with E-state index >= 15 is 0 Å². The van der Waals surface area contributed by atoms with Crippen LogP contribution in [-0.4, -0.2) is 24.7 Å². The van der Waals surface area contributed by atoms with Gasteiger partial charge >= 0.3 is 0 Å². The molecule has 2 unspecified atom stereocenters. The molecule has 0 spiro atoms. The van der Waals surface area contributed by atoms with E-state index in [0.29, 0.717) is 25.2 Å². The molecule has 3 nitrogen and oxygen atoms in total. The van der Waals surface area contributed by atoms with E-state index in [9.17, 15) is 13.2 Å². The van der Waals surface area contributed by atoms with Gasteiger partial charge in [0.1, 0.15) is 5.78 Å². The van der Waals surface area contributed by atoms with Crippen LogP contribution in [0.5, 0.6) is 0 Å². The van der Waals surface area contributed by atoms with E-state index in [1.165, 1.54) is 0 Å². The zero-order valence-electron chi connectivity index (χ0n) is 9.98.